The third-order valence-corrected chi connectivity index (χ3v) is 5.58. The summed E-state index contributed by atoms with van der Waals surface area (Å²) in [5.41, 5.74) is 2.39. The van der Waals surface area contributed by atoms with Crippen LogP contribution in [0.4, 0.5) is 13.2 Å². The molecule has 6 nitrogen and oxygen atoms in total. The molecule has 3 heterocycles. The zero-order valence-electron chi connectivity index (χ0n) is 17.0. The Morgan fingerprint density at radius 2 is 1.93 bits per heavy atom. The van der Waals surface area contributed by atoms with Crippen molar-refractivity contribution in [3.05, 3.63) is 47.7 Å². The number of fused-ring (bicyclic) bond motifs is 2. The van der Waals surface area contributed by atoms with E-state index in [1.54, 1.807) is 4.90 Å². The molecular weight excluding hydrogens is 395 g/mol. The molecule has 1 amide bonds. The van der Waals surface area contributed by atoms with E-state index in [9.17, 15) is 18.0 Å². The van der Waals surface area contributed by atoms with Gasteiger partial charge in [0.1, 0.15) is 0 Å². The van der Waals surface area contributed by atoms with Crippen molar-refractivity contribution in [3.63, 3.8) is 0 Å². The minimum Gasteiger partial charge on any atom is -0.345 e. The van der Waals surface area contributed by atoms with E-state index in [1.165, 1.54) is 16.5 Å². The summed E-state index contributed by atoms with van der Waals surface area (Å²) in [4.78, 5) is 14.2. The SMILES string of the molecule is CC(C)n1cc(CCCC(=O)N2CCn3c(nnc3C(F)(F)F)C2)c2ccccc21. The Kier molecular flexibility index (Phi) is 5.29. The number of hydrogen-bond donors (Lipinski definition) is 0. The summed E-state index contributed by atoms with van der Waals surface area (Å²) in [7, 11) is 0. The molecule has 1 aromatic carbocycles. The first kappa shape index (κ1) is 20.4. The molecule has 0 radical (unpaired) electrons. The summed E-state index contributed by atoms with van der Waals surface area (Å²) >= 11 is 0. The van der Waals surface area contributed by atoms with Crippen LogP contribution in [0.15, 0.2) is 30.5 Å². The Labute approximate surface area is 172 Å². The summed E-state index contributed by atoms with van der Waals surface area (Å²) in [6.07, 6.45) is -0.577. The zero-order chi connectivity index (χ0) is 21.5. The molecule has 4 rings (SSSR count). The molecule has 1 aliphatic rings. The average Bonchev–Trinajstić information content (AvgIpc) is 3.29. The number of amides is 1. The lowest BCUT2D eigenvalue weighted by Gasteiger charge is -2.28. The molecule has 0 saturated heterocycles. The maximum atomic E-state index is 12.9. The van der Waals surface area contributed by atoms with Crippen LogP contribution in [0, 0.1) is 0 Å². The number of carbonyl (C=O) groups excluding carboxylic acids is 1. The van der Waals surface area contributed by atoms with Gasteiger partial charge in [-0.2, -0.15) is 13.2 Å². The van der Waals surface area contributed by atoms with Crippen LogP contribution in [0.5, 0.6) is 0 Å². The van der Waals surface area contributed by atoms with Crippen LogP contribution in [-0.4, -0.2) is 36.7 Å². The van der Waals surface area contributed by atoms with Crippen LogP contribution >= 0.6 is 0 Å². The Balaban J connectivity index is 1.38. The number of para-hydroxylation sites is 1. The molecule has 0 spiro atoms. The van der Waals surface area contributed by atoms with Crippen molar-refractivity contribution in [1.82, 2.24) is 24.2 Å². The van der Waals surface area contributed by atoms with Crippen molar-refractivity contribution in [2.45, 2.75) is 58.4 Å². The minimum atomic E-state index is -4.54. The molecule has 0 bridgehead atoms. The van der Waals surface area contributed by atoms with Crippen LogP contribution in [0.1, 0.15) is 49.9 Å². The highest BCUT2D eigenvalue weighted by atomic mass is 19.4. The molecular formula is C21H24F3N5O. The predicted molar refractivity (Wildman–Crippen MR) is 106 cm³/mol. The topological polar surface area (TPSA) is 56.0 Å². The van der Waals surface area contributed by atoms with E-state index < -0.39 is 12.0 Å². The monoisotopic (exact) mass is 419 g/mol. The smallest absolute Gasteiger partial charge is 0.345 e. The van der Waals surface area contributed by atoms with Crippen LogP contribution in [0.2, 0.25) is 0 Å². The molecule has 9 heteroatoms. The van der Waals surface area contributed by atoms with E-state index in [1.807, 2.05) is 12.1 Å². The second-order valence-electron chi connectivity index (χ2n) is 7.93. The largest absolute Gasteiger partial charge is 0.451 e. The molecule has 0 fully saturated rings. The standard InChI is InChI=1S/C21H24F3N5O/c1-14(2)29-12-15(16-7-3-4-8-17(16)29)6-5-9-19(30)27-10-11-28-18(13-27)25-26-20(28)21(22,23)24/h3-4,7-8,12,14H,5-6,9-11,13H2,1-2H3. The minimum absolute atomic E-state index is 0.0603. The van der Waals surface area contributed by atoms with Crippen molar-refractivity contribution < 1.29 is 18.0 Å². The lowest BCUT2D eigenvalue weighted by Crippen LogP contribution is -2.39. The molecule has 0 saturated carbocycles. The fourth-order valence-corrected chi connectivity index (χ4v) is 4.07. The van der Waals surface area contributed by atoms with E-state index in [0.717, 1.165) is 11.0 Å². The van der Waals surface area contributed by atoms with Gasteiger partial charge in [-0.15, -0.1) is 10.2 Å². The number of hydrogen-bond acceptors (Lipinski definition) is 3. The van der Waals surface area contributed by atoms with Crippen LogP contribution < -0.4 is 0 Å². The van der Waals surface area contributed by atoms with Gasteiger partial charge < -0.3 is 14.0 Å². The van der Waals surface area contributed by atoms with E-state index in [2.05, 4.69) is 46.9 Å². The number of halogens is 3. The highest BCUT2D eigenvalue weighted by molar-refractivity contribution is 5.84. The molecule has 1 aliphatic heterocycles. The number of carbonyl (C=O) groups is 1. The molecule has 0 aliphatic carbocycles. The maximum Gasteiger partial charge on any atom is 0.451 e. The van der Waals surface area contributed by atoms with Gasteiger partial charge in [0, 0.05) is 42.7 Å². The predicted octanol–water partition coefficient (Wildman–Crippen LogP) is 4.20. The van der Waals surface area contributed by atoms with E-state index >= 15 is 0 Å². The van der Waals surface area contributed by atoms with Gasteiger partial charge in [-0.3, -0.25) is 4.79 Å². The van der Waals surface area contributed by atoms with Gasteiger partial charge in [0.15, 0.2) is 5.82 Å². The normalized spacial score (nSPS) is 14.5. The molecule has 0 atom stereocenters. The number of aromatic nitrogens is 4. The fraction of sp³-hybridized carbons (Fsp3) is 0.476. The summed E-state index contributed by atoms with van der Waals surface area (Å²) in [5.74, 6) is -0.876. The third-order valence-electron chi connectivity index (χ3n) is 5.58. The summed E-state index contributed by atoms with van der Waals surface area (Å²) in [6.45, 7) is 4.64. The lowest BCUT2D eigenvalue weighted by atomic mass is 10.1. The number of aryl methyl sites for hydroxylation is 1. The van der Waals surface area contributed by atoms with Gasteiger partial charge in [0.05, 0.1) is 6.54 Å². The molecule has 2 aromatic heterocycles. The molecule has 30 heavy (non-hydrogen) atoms. The maximum absolute atomic E-state index is 12.9. The summed E-state index contributed by atoms with van der Waals surface area (Å²) in [5, 5.41) is 8.09. The fourth-order valence-electron chi connectivity index (χ4n) is 4.07. The molecule has 3 aromatic rings. The molecule has 0 unspecified atom stereocenters. The number of rotatable bonds is 5. The Morgan fingerprint density at radius 1 is 1.17 bits per heavy atom. The second kappa shape index (κ2) is 7.77. The summed E-state index contributed by atoms with van der Waals surface area (Å²) in [6, 6.07) is 8.58. The van der Waals surface area contributed by atoms with Crippen molar-refractivity contribution in [1.29, 1.82) is 0 Å². The Morgan fingerprint density at radius 3 is 2.67 bits per heavy atom. The van der Waals surface area contributed by atoms with Crippen LogP contribution in [-0.2, 0) is 30.5 Å². The highest BCUT2D eigenvalue weighted by Gasteiger charge is 2.39. The van der Waals surface area contributed by atoms with Crippen molar-refractivity contribution in [3.8, 4) is 0 Å². The first-order valence-electron chi connectivity index (χ1n) is 10.1. The van der Waals surface area contributed by atoms with Crippen LogP contribution in [0.25, 0.3) is 10.9 Å². The van der Waals surface area contributed by atoms with Gasteiger partial charge in [0.2, 0.25) is 11.7 Å². The molecule has 160 valence electrons. The Bertz CT molecular complexity index is 1070. The van der Waals surface area contributed by atoms with Crippen LogP contribution in [0.3, 0.4) is 0 Å². The first-order valence-corrected chi connectivity index (χ1v) is 10.1. The van der Waals surface area contributed by atoms with E-state index in [0.29, 0.717) is 18.9 Å². The number of nitrogens with zero attached hydrogens (tertiary/aromatic N) is 5. The van der Waals surface area contributed by atoms with Gasteiger partial charge >= 0.3 is 6.18 Å². The average molecular weight is 419 g/mol. The van der Waals surface area contributed by atoms with Gasteiger partial charge in [-0.05, 0) is 38.3 Å². The lowest BCUT2D eigenvalue weighted by molar-refractivity contribution is -0.148. The molecule has 0 N–H and O–H groups in total. The van der Waals surface area contributed by atoms with Gasteiger partial charge in [0.25, 0.3) is 0 Å². The first-order chi connectivity index (χ1) is 14.3. The number of alkyl halides is 3. The summed E-state index contributed by atoms with van der Waals surface area (Å²) < 4.78 is 42.1. The highest BCUT2D eigenvalue weighted by Crippen LogP contribution is 2.30. The van der Waals surface area contributed by atoms with Crippen molar-refractivity contribution >= 4 is 16.8 Å². The quantitative estimate of drug-likeness (QED) is 0.623. The van der Waals surface area contributed by atoms with E-state index in [4.69, 9.17) is 0 Å². The van der Waals surface area contributed by atoms with Gasteiger partial charge in [-0.1, -0.05) is 18.2 Å². The zero-order valence-corrected chi connectivity index (χ0v) is 17.0. The second-order valence-corrected chi connectivity index (χ2v) is 7.93. The number of benzene rings is 1. The Hall–Kier alpha value is -2.84. The van der Waals surface area contributed by atoms with Gasteiger partial charge in [-0.25, -0.2) is 0 Å². The van der Waals surface area contributed by atoms with Crippen molar-refractivity contribution in [2.24, 2.45) is 0 Å². The van der Waals surface area contributed by atoms with Crippen molar-refractivity contribution in [2.75, 3.05) is 6.54 Å². The third kappa shape index (κ3) is 3.80. The van der Waals surface area contributed by atoms with E-state index in [-0.39, 0.29) is 31.4 Å².